The van der Waals surface area contributed by atoms with E-state index in [4.69, 9.17) is 4.42 Å². The molecule has 0 radical (unpaired) electrons. The molecular weight excluding hydrogens is 749 g/mol. The van der Waals surface area contributed by atoms with Crippen LogP contribution in [-0.4, -0.2) is 16.5 Å². The first-order valence-corrected chi connectivity index (χ1v) is 22.1. The van der Waals surface area contributed by atoms with Gasteiger partial charge in [0.05, 0.1) is 33.4 Å². The highest BCUT2D eigenvalue weighted by Gasteiger charge is 2.33. The van der Waals surface area contributed by atoms with Crippen LogP contribution in [0.4, 0.5) is 17.1 Å². The summed E-state index contributed by atoms with van der Waals surface area (Å²) in [6, 6.07) is 38.4. The van der Waals surface area contributed by atoms with Crippen LogP contribution >= 0.6 is 23.5 Å². The van der Waals surface area contributed by atoms with E-state index in [1.54, 1.807) is 0 Å². The third-order valence-electron chi connectivity index (χ3n) is 11.7. The Morgan fingerprint density at radius 2 is 1.52 bits per heavy atom. The lowest BCUT2D eigenvalue weighted by molar-refractivity contribution is 0.657. The van der Waals surface area contributed by atoms with Crippen LogP contribution in [0.1, 0.15) is 39.5 Å². The van der Waals surface area contributed by atoms with Crippen LogP contribution in [0, 0.1) is 0 Å². The van der Waals surface area contributed by atoms with Gasteiger partial charge in [0.25, 0.3) is 0 Å². The zero-order valence-corrected chi connectivity index (χ0v) is 34.3. The molecule has 6 aromatic rings. The first-order valence-electron chi connectivity index (χ1n) is 20.3. The van der Waals surface area contributed by atoms with E-state index in [0.717, 1.165) is 47.2 Å². The highest BCUT2D eigenvalue weighted by Crippen LogP contribution is 2.49. The summed E-state index contributed by atoms with van der Waals surface area (Å²) < 4.78 is 6.47. The Hall–Kier alpha value is -5.69. The molecule has 2 aliphatic heterocycles. The van der Waals surface area contributed by atoms with Crippen LogP contribution < -0.4 is 15.2 Å². The largest absolute Gasteiger partial charge is 0.456 e. The van der Waals surface area contributed by atoms with Gasteiger partial charge < -0.3 is 14.2 Å². The Balaban J connectivity index is 0.944. The Kier molecular flexibility index (Phi) is 9.84. The van der Waals surface area contributed by atoms with Crippen molar-refractivity contribution in [1.29, 1.82) is 0 Å². The normalized spacial score (nSPS) is 21.7. The molecule has 4 nitrogen and oxygen atoms in total. The maximum Gasteiger partial charge on any atom is 0.200 e. The number of rotatable bonds is 5. The maximum atomic E-state index is 14.0. The van der Waals surface area contributed by atoms with E-state index in [0.29, 0.717) is 38.5 Å². The molecule has 2 aliphatic carbocycles. The molecule has 0 saturated carbocycles. The molecule has 0 N–H and O–H groups in total. The molecule has 3 unspecified atom stereocenters. The number of allylic oxidation sites excluding steroid dienone is 8. The molecule has 286 valence electrons. The van der Waals surface area contributed by atoms with Crippen LogP contribution in [0.5, 0.6) is 0 Å². The fourth-order valence-corrected chi connectivity index (χ4v) is 11.4. The lowest BCUT2D eigenvalue weighted by atomic mass is 10.00. The molecule has 1 fully saturated rings. The SMILES string of the molecule is C\C=C/C=C1\C(=C/C)SC2CCC=CC(C2)N1c1ccc(-c2ccc3c(=O)c4cc(-c5ccc(N6C7=CC=CCC7Sc7ccccc76)cc5)ccc4oc3c2)cc1. The van der Waals surface area contributed by atoms with Gasteiger partial charge in [0.15, 0.2) is 0 Å². The average Bonchev–Trinajstić information content (AvgIpc) is 3.59. The number of hydrogen-bond donors (Lipinski definition) is 0. The monoisotopic (exact) mass is 792 g/mol. The lowest BCUT2D eigenvalue weighted by Crippen LogP contribution is -2.33. The second kappa shape index (κ2) is 15.6. The summed E-state index contributed by atoms with van der Waals surface area (Å²) in [5, 5.41) is 2.16. The fraction of sp³-hybridized carbons (Fsp3) is 0.173. The minimum atomic E-state index is -0.0172. The second-order valence-corrected chi connectivity index (χ2v) is 17.8. The number of hydrogen-bond acceptors (Lipinski definition) is 6. The summed E-state index contributed by atoms with van der Waals surface area (Å²) in [4.78, 5) is 21.6. The van der Waals surface area contributed by atoms with Crippen molar-refractivity contribution in [3.63, 3.8) is 0 Å². The first-order chi connectivity index (χ1) is 28.6. The van der Waals surface area contributed by atoms with Gasteiger partial charge >= 0.3 is 0 Å². The van der Waals surface area contributed by atoms with Crippen LogP contribution in [0.25, 0.3) is 44.2 Å². The van der Waals surface area contributed by atoms with Gasteiger partial charge in [0.2, 0.25) is 5.43 Å². The van der Waals surface area contributed by atoms with Gasteiger partial charge in [0.1, 0.15) is 11.2 Å². The molecule has 1 saturated heterocycles. The fourth-order valence-electron chi connectivity index (χ4n) is 8.81. The summed E-state index contributed by atoms with van der Waals surface area (Å²) in [7, 11) is 0. The predicted molar refractivity (Wildman–Crippen MR) is 248 cm³/mol. The number of fused-ring (bicyclic) bond motifs is 6. The molecule has 10 rings (SSSR count). The molecule has 58 heavy (non-hydrogen) atoms. The summed E-state index contributed by atoms with van der Waals surface area (Å²) >= 11 is 3.97. The van der Waals surface area contributed by atoms with Crippen molar-refractivity contribution in [3.05, 3.63) is 190 Å². The van der Waals surface area contributed by atoms with E-state index in [1.807, 2.05) is 53.9 Å². The Morgan fingerprint density at radius 3 is 2.33 bits per heavy atom. The number of benzene rings is 5. The first kappa shape index (κ1) is 36.6. The van der Waals surface area contributed by atoms with Crippen LogP contribution in [0.3, 0.4) is 0 Å². The van der Waals surface area contributed by atoms with E-state index >= 15 is 0 Å². The lowest BCUT2D eigenvalue weighted by Gasteiger charge is -2.39. The van der Waals surface area contributed by atoms with E-state index in [2.05, 4.69) is 157 Å². The van der Waals surface area contributed by atoms with Crippen LogP contribution in [0.15, 0.2) is 194 Å². The minimum absolute atomic E-state index is 0.0172. The average molecular weight is 793 g/mol. The van der Waals surface area contributed by atoms with E-state index in [1.165, 1.54) is 39.0 Å². The highest BCUT2D eigenvalue weighted by molar-refractivity contribution is 8.03. The molecule has 4 aliphatic rings. The molecule has 3 atom stereocenters. The van der Waals surface area contributed by atoms with E-state index in [-0.39, 0.29) is 5.43 Å². The molecular formula is C52H44N2O2S2. The molecule has 2 bridgehead atoms. The van der Waals surface area contributed by atoms with E-state index < -0.39 is 0 Å². The maximum absolute atomic E-state index is 14.0. The quantitative estimate of drug-likeness (QED) is 0.128. The third kappa shape index (κ3) is 6.68. The highest BCUT2D eigenvalue weighted by atomic mass is 32.2. The van der Waals surface area contributed by atoms with Gasteiger partial charge in [-0.15, -0.1) is 23.5 Å². The van der Waals surface area contributed by atoms with Gasteiger partial charge in [-0.3, -0.25) is 4.79 Å². The Morgan fingerprint density at radius 1 is 0.759 bits per heavy atom. The molecule has 1 aromatic heterocycles. The Bertz CT molecular complexity index is 2810. The Labute approximate surface area is 348 Å². The second-order valence-electron chi connectivity index (χ2n) is 15.3. The molecule has 0 spiro atoms. The van der Waals surface area contributed by atoms with Crippen molar-refractivity contribution in [1.82, 2.24) is 0 Å². The van der Waals surface area contributed by atoms with E-state index in [9.17, 15) is 4.79 Å². The zero-order chi connectivity index (χ0) is 39.2. The number of para-hydroxylation sites is 1. The number of thioether (sulfide) groups is 2. The van der Waals surface area contributed by atoms with Crippen molar-refractivity contribution in [2.75, 3.05) is 9.80 Å². The smallest absolute Gasteiger partial charge is 0.200 e. The van der Waals surface area contributed by atoms with Gasteiger partial charge in [-0.25, -0.2) is 0 Å². The van der Waals surface area contributed by atoms with Crippen molar-refractivity contribution in [3.8, 4) is 22.3 Å². The number of anilines is 3. The third-order valence-corrected chi connectivity index (χ3v) is 14.5. The number of nitrogens with zero attached hydrogens (tertiary/aromatic N) is 2. The van der Waals surface area contributed by atoms with Gasteiger partial charge in [0, 0.05) is 32.1 Å². The van der Waals surface area contributed by atoms with Gasteiger partial charge in [-0.1, -0.05) is 91.1 Å². The molecule has 3 heterocycles. The van der Waals surface area contributed by atoms with Crippen molar-refractivity contribution in [2.45, 2.75) is 61.0 Å². The van der Waals surface area contributed by atoms with Crippen molar-refractivity contribution >= 4 is 62.5 Å². The van der Waals surface area contributed by atoms with Crippen molar-refractivity contribution < 1.29 is 4.42 Å². The van der Waals surface area contributed by atoms with Gasteiger partial charge in [-0.05, 0) is 135 Å². The molecule has 0 amide bonds. The minimum Gasteiger partial charge on any atom is -0.456 e. The van der Waals surface area contributed by atoms with Crippen LogP contribution in [-0.2, 0) is 0 Å². The summed E-state index contributed by atoms with van der Waals surface area (Å²) in [5.74, 6) is 0. The summed E-state index contributed by atoms with van der Waals surface area (Å²) in [6.07, 6.45) is 24.7. The van der Waals surface area contributed by atoms with Gasteiger partial charge in [-0.2, -0.15) is 0 Å². The molecule has 5 aromatic carbocycles. The standard InChI is InChI=1S/C52H44N2O2S2/c1-3-5-14-44-49(4-2)57-41-13-7-6-12-40(33-41)53(44)38-25-19-35(20-26-38)37-23-29-42-48(32-37)56-47-30-24-36(31-43(47)52(42)55)34-21-27-39(28-22-34)54-45-15-8-10-17-50(45)58-51-18-11-9-16-46(51)54/h3-6,8-12,14-17,19-32,40-41,51H,7,13,18,33H2,1-2H3/b5-3-,44-14+,49-4+. The molecule has 6 heteroatoms. The zero-order valence-electron chi connectivity index (χ0n) is 32.7. The summed E-state index contributed by atoms with van der Waals surface area (Å²) in [5.41, 5.74) is 11.4. The van der Waals surface area contributed by atoms with Crippen LogP contribution in [0.2, 0.25) is 0 Å². The van der Waals surface area contributed by atoms with Crippen molar-refractivity contribution in [2.24, 2.45) is 0 Å². The topological polar surface area (TPSA) is 36.7 Å². The summed E-state index contributed by atoms with van der Waals surface area (Å²) in [6.45, 7) is 4.22. The predicted octanol–water partition coefficient (Wildman–Crippen LogP) is 14.1.